The summed E-state index contributed by atoms with van der Waals surface area (Å²) < 4.78 is 13.3. The molecule has 1 aromatic heterocycles. The second kappa shape index (κ2) is 10.3. The molecule has 0 saturated heterocycles. The number of rotatable bonds is 7. The van der Waals surface area contributed by atoms with Crippen LogP contribution in [0.15, 0.2) is 69.9 Å². The molecule has 0 amide bonds. The highest BCUT2D eigenvalue weighted by atomic mass is 35.5. The van der Waals surface area contributed by atoms with Crippen molar-refractivity contribution in [2.24, 2.45) is 0 Å². The van der Waals surface area contributed by atoms with Gasteiger partial charge in [0.2, 0.25) is 0 Å². The van der Waals surface area contributed by atoms with Crippen LogP contribution in [0.1, 0.15) is 11.1 Å². The van der Waals surface area contributed by atoms with E-state index in [0.717, 1.165) is 25.7 Å². The number of hydrogen-bond acceptors (Lipinski definition) is 6. The van der Waals surface area contributed by atoms with Crippen LogP contribution in [0, 0.1) is 11.3 Å². The normalized spacial score (nSPS) is 11.4. The van der Waals surface area contributed by atoms with Gasteiger partial charge in [-0.2, -0.15) is 5.26 Å². The van der Waals surface area contributed by atoms with Gasteiger partial charge >= 0.3 is 0 Å². The molecular weight excluding hydrogens is 483 g/mol. The van der Waals surface area contributed by atoms with E-state index >= 15 is 0 Å². The number of thiazole rings is 1. The van der Waals surface area contributed by atoms with Crippen LogP contribution in [0.5, 0.6) is 11.5 Å². The zero-order valence-corrected chi connectivity index (χ0v) is 20.0. The lowest BCUT2D eigenvalue weighted by Crippen LogP contribution is -1.98. The largest absolute Gasteiger partial charge is 0.493 e. The first kappa shape index (κ1) is 22.5. The van der Waals surface area contributed by atoms with Crippen LogP contribution in [-0.4, -0.2) is 12.1 Å². The summed E-state index contributed by atoms with van der Waals surface area (Å²) >= 11 is 15.1. The highest BCUT2D eigenvalue weighted by Gasteiger charge is 2.10. The number of benzene rings is 3. The van der Waals surface area contributed by atoms with E-state index in [1.807, 2.05) is 48.5 Å². The molecule has 0 spiro atoms. The van der Waals surface area contributed by atoms with Gasteiger partial charge in [-0.05, 0) is 59.8 Å². The number of methoxy groups -OCH3 is 1. The monoisotopic (exact) mass is 498 g/mol. The Balaban J connectivity index is 1.51. The van der Waals surface area contributed by atoms with Gasteiger partial charge in [-0.1, -0.05) is 47.5 Å². The number of aromatic nitrogens is 1. The van der Waals surface area contributed by atoms with E-state index < -0.39 is 0 Å². The number of nitriles is 1. The lowest BCUT2D eigenvalue weighted by molar-refractivity contribution is 0.284. The molecule has 8 heteroatoms. The van der Waals surface area contributed by atoms with Crippen LogP contribution in [0.2, 0.25) is 10.0 Å². The first-order valence-corrected chi connectivity index (χ1v) is 11.8. The first-order chi connectivity index (χ1) is 15.6. The van der Waals surface area contributed by atoms with Gasteiger partial charge < -0.3 is 9.47 Å². The van der Waals surface area contributed by atoms with E-state index in [-0.39, 0.29) is 6.61 Å². The summed E-state index contributed by atoms with van der Waals surface area (Å²) in [6, 6.07) is 21.0. The Morgan fingerprint density at radius 3 is 2.72 bits per heavy atom. The summed E-state index contributed by atoms with van der Waals surface area (Å²) in [7, 11) is 1.58. The maximum atomic E-state index is 9.62. The molecule has 0 N–H and O–H groups in total. The zero-order chi connectivity index (χ0) is 22.5. The van der Waals surface area contributed by atoms with Crippen molar-refractivity contribution in [3.63, 3.8) is 0 Å². The summed E-state index contributed by atoms with van der Waals surface area (Å²) in [6.45, 7) is 0.276. The third-order valence-corrected chi connectivity index (χ3v) is 7.08. The fraction of sp³-hybridized carbons (Fsp3) is 0.0833. The Morgan fingerprint density at radius 1 is 1.12 bits per heavy atom. The Bertz CT molecular complexity index is 1310. The molecule has 1 heterocycles. The van der Waals surface area contributed by atoms with Crippen molar-refractivity contribution in [2.45, 2.75) is 10.9 Å². The molecule has 0 aliphatic carbocycles. The average Bonchev–Trinajstić information content (AvgIpc) is 3.21. The van der Waals surface area contributed by atoms with E-state index in [4.69, 9.17) is 32.7 Å². The first-order valence-electron chi connectivity index (χ1n) is 9.45. The second-order valence-corrected chi connectivity index (χ2v) is 9.77. The van der Waals surface area contributed by atoms with Crippen LogP contribution in [-0.2, 0) is 6.61 Å². The molecule has 0 aliphatic heterocycles. The van der Waals surface area contributed by atoms with Crippen molar-refractivity contribution in [3.8, 4) is 17.6 Å². The van der Waals surface area contributed by atoms with Crippen LogP contribution in [0.4, 0.5) is 0 Å². The van der Waals surface area contributed by atoms with Crippen molar-refractivity contribution in [1.82, 2.24) is 4.98 Å². The van der Waals surface area contributed by atoms with Crippen molar-refractivity contribution in [3.05, 3.63) is 86.7 Å². The molecule has 0 fully saturated rings. The Morgan fingerprint density at radius 2 is 1.97 bits per heavy atom. The molecule has 0 saturated carbocycles. The molecule has 32 heavy (non-hydrogen) atoms. The fourth-order valence-electron chi connectivity index (χ4n) is 2.91. The predicted molar refractivity (Wildman–Crippen MR) is 133 cm³/mol. The summed E-state index contributed by atoms with van der Waals surface area (Å²) in [5.74, 6) is 1.14. The van der Waals surface area contributed by atoms with E-state index in [9.17, 15) is 5.26 Å². The van der Waals surface area contributed by atoms with Crippen LogP contribution in [0.3, 0.4) is 0 Å². The summed E-state index contributed by atoms with van der Waals surface area (Å²) in [6.07, 6.45) is 1.80. The van der Waals surface area contributed by atoms with Gasteiger partial charge in [0.05, 0.1) is 22.2 Å². The maximum absolute atomic E-state index is 9.62. The van der Waals surface area contributed by atoms with Crippen LogP contribution < -0.4 is 9.47 Å². The molecule has 0 atom stereocenters. The van der Waals surface area contributed by atoms with Crippen molar-refractivity contribution >= 4 is 62.6 Å². The van der Waals surface area contributed by atoms with E-state index in [1.54, 1.807) is 36.7 Å². The Hall–Kier alpha value is -2.69. The fourth-order valence-corrected chi connectivity index (χ4v) is 5.35. The second-order valence-electron chi connectivity index (χ2n) is 6.60. The van der Waals surface area contributed by atoms with Gasteiger partial charge in [-0.3, -0.25) is 0 Å². The summed E-state index contributed by atoms with van der Waals surface area (Å²) in [5.41, 5.74) is 2.58. The molecule has 0 aliphatic rings. The smallest absolute Gasteiger partial charge is 0.161 e. The lowest BCUT2D eigenvalue weighted by atomic mass is 10.2. The van der Waals surface area contributed by atoms with Crippen LogP contribution >= 0.6 is 46.3 Å². The number of nitrogens with zero attached hydrogens (tertiary/aromatic N) is 2. The maximum Gasteiger partial charge on any atom is 0.161 e. The number of thioether (sulfide) groups is 1. The van der Waals surface area contributed by atoms with E-state index in [1.165, 1.54) is 11.8 Å². The zero-order valence-electron chi connectivity index (χ0n) is 16.8. The van der Waals surface area contributed by atoms with Gasteiger partial charge in [0.25, 0.3) is 0 Å². The highest BCUT2D eigenvalue weighted by molar-refractivity contribution is 8.05. The van der Waals surface area contributed by atoms with Gasteiger partial charge in [0, 0.05) is 15.6 Å². The number of fused-ring (bicyclic) bond motifs is 1. The lowest BCUT2D eigenvalue weighted by Gasteiger charge is -2.12. The molecule has 4 nitrogen and oxygen atoms in total. The Kier molecular flexibility index (Phi) is 7.23. The predicted octanol–water partition coefficient (Wildman–Crippen LogP) is 7.85. The molecule has 160 valence electrons. The average molecular weight is 499 g/mol. The summed E-state index contributed by atoms with van der Waals surface area (Å²) in [4.78, 5) is 5.12. The van der Waals surface area contributed by atoms with Crippen molar-refractivity contribution in [2.75, 3.05) is 7.11 Å². The number of ether oxygens (including phenoxy) is 2. The third kappa shape index (κ3) is 5.37. The molecule has 4 rings (SSSR count). The minimum absolute atomic E-state index is 0.276. The van der Waals surface area contributed by atoms with Gasteiger partial charge in [-0.25, -0.2) is 4.98 Å². The topological polar surface area (TPSA) is 55.1 Å². The van der Waals surface area contributed by atoms with Gasteiger partial charge in [-0.15, -0.1) is 11.3 Å². The standard InChI is InChI=1S/C24H16Cl2N2O2S2/c1-29-22-11-15(6-9-21(22)30-14-16-7-8-17(25)12-19(16)26)10-18(13-27)31-24-28-20-4-2-3-5-23(20)32-24/h2-12H,14H2,1H3/b18-10+. The van der Waals surface area contributed by atoms with E-state index in [2.05, 4.69) is 11.1 Å². The number of allylic oxidation sites excluding steroid dienone is 1. The molecule has 3 aromatic carbocycles. The van der Waals surface area contributed by atoms with Gasteiger partial charge in [0.15, 0.2) is 15.8 Å². The number of para-hydroxylation sites is 1. The molecular formula is C24H16Cl2N2O2S2. The van der Waals surface area contributed by atoms with E-state index in [0.29, 0.717) is 26.4 Å². The Labute approximate surface area is 204 Å². The molecule has 0 radical (unpaired) electrons. The minimum atomic E-state index is 0.276. The minimum Gasteiger partial charge on any atom is -0.493 e. The van der Waals surface area contributed by atoms with Crippen molar-refractivity contribution in [1.29, 1.82) is 5.26 Å². The van der Waals surface area contributed by atoms with Gasteiger partial charge in [0.1, 0.15) is 12.7 Å². The molecule has 4 aromatic rings. The number of halogens is 2. The third-order valence-electron chi connectivity index (χ3n) is 4.47. The quantitative estimate of drug-likeness (QED) is 0.191. The SMILES string of the molecule is COc1cc(/C=C(\C#N)Sc2nc3ccccc3s2)ccc1OCc1ccc(Cl)cc1Cl. The summed E-state index contributed by atoms with van der Waals surface area (Å²) in [5, 5.41) is 10.7. The number of hydrogen-bond donors (Lipinski definition) is 0. The molecule has 0 unspecified atom stereocenters. The van der Waals surface area contributed by atoms with Crippen molar-refractivity contribution < 1.29 is 9.47 Å². The molecule has 0 bridgehead atoms. The van der Waals surface area contributed by atoms with Crippen LogP contribution in [0.25, 0.3) is 16.3 Å². The highest BCUT2D eigenvalue weighted by Crippen LogP contribution is 2.36.